The molecule has 5 nitrogen and oxygen atoms in total. The molecule has 0 aliphatic carbocycles. The highest BCUT2D eigenvalue weighted by Crippen LogP contribution is 2.13. The lowest BCUT2D eigenvalue weighted by atomic mass is 10.2. The third-order valence-corrected chi connectivity index (χ3v) is 2.32. The van der Waals surface area contributed by atoms with E-state index >= 15 is 0 Å². The fraction of sp³-hybridized carbons (Fsp3) is 0.214. The first kappa shape index (κ1) is 14.3. The van der Waals surface area contributed by atoms with E-state index in [1.807, 2.05) is 19.1 Å². The van der Waals surface area contributed by atoms with Gasteiger partial charge in [0.1, 0.15) is 17.7 Å². The van der Waals surface area contributed by atoms with Crippen molar-refractivity contribution in [2.75, 3.05) is 11.9 Å². The van der Waals surface area contributed by atoms with E-state index in [4.69, 9.17) is 10.5 Å². The lowest BCUT2D eigenvalue weighted by Crippen LogP contribution is -2.25. The summed E-state index contributed by atoms with van der Waals surface area (Å²) in [4.78, 5) is 11.6. The number of nitrogens with one attached hydrogen (secondary N) is 2. The van der Waals surface area contributed by atoms with Crippen LogP contribution in [0.15, 0.2) is 36.0 Å². The van der Waals surface area contributed by atoms with Crippen LogP contribution in [0, 0.1) is 22.7 Å². The molecule has 0 saturated heterocycles. The quantitative estimate of drug-likeness (QED) is 0.620. The van der Waals surface area contributed by atoms with E-state index in [2.05, 4.69) is 10.6 Å². The van der Waals surface area contributed by atoms with Gasteiger partial charge in [-0.2, -0.15) is 10.5 Å². The molecular formula is C14H14N4O. The number of carbonyl (C=O) groups is 1. The van der Waals surface area contributed by atoms with Crippen molar-refractivity contribution in [1.29, 1.82) is 10.5 Å². The molecule has 0 saturated carbocycles. The third-order valence-electron chi connectivity index (χ3n) is 2.32. The molecule has 19 heavy (non-hydrogen) atoms. The van der Waals surface area contributed by atoms with Crippen LogP contribution >= 0.6 is 0 Å². The van der Waals surface area contributed by atoms with E-state index in [1.165, 1.54) is 6.20 Å². The average molecular weight is 254 g/mol. The van der Waals surface area contributed by atoms with Gasteiger partial charge in [0.2, 0.25) is 0 Å². The highest BCUT2D eigenvalue weighted by molar-refractivity contribution is 5.97. The molecule has 0 unspecified atom stereocenters. The van der Waals surface area contributed by atoms with Crippen LogP contribution in [0.5, 0.6) is 0 Å². The summed E-state index contributed by atoms with van der Waals surface area (Å²) in [6.45, 7) is 2.45. The highest BCUT2D eigenvalue weighted by Gasteiger charge is 2.07. The SMILES string of the molecule is CCCNC(=O)/C(C#N)=C\Nc1ccccc1C#N. The second-order valence-corrected chi connectivity index (χ2v) is 3.73. The number of nitrogens with zero attached hydrogens (tertiary/aromatic N) is 2. The molecule has 0 radical (unpaired) electrons. The van der Waals surface area contributed by atoms with Crippen molar-refractivity contribution in [2.24, 2.45) is 0 Å². The number of benzene rings is 1. The minimum absolute atomic E-state index is 0.0267. The maximum absolute atomic E-state index is 11.6. The largest absolute Gasteiger partial charge is 0.359 e. The third kappa shape index (κ3) is 4.18. The van der Waals surface area contributed by atoms with E-state index < -0.39 is 5.91 Å². The van der Waals surface area contributed by atoms with Crippen molar-refractivity contribution in [2.45, 2.75) is 13.3 Å². The van der Waals surface area contributed by atoms with E-state index in [-0.39, 0.29) is 5.57 Å². The van der Waals surface area contributed by atoms with Crippen LogP contribution in [-0.4, -0.2) is 12.5 Å². The lowest BCUT2D eigenvalue weighted by Gasteiger charge is -2.05. The summed E-state index contributed by atoms with van der Waals surface area (Å²) in [5.41, 5.74) is 0.979. The van der Waals surface area contributed by atoms with E-state index in [1.54, 1.807) is 24.3 Å². The van der Waals surface area contributed by atoms with Gasteiger partial charge < -0.3 is 10.6 Å². The number of rotatable bonds is 5. The molecule has 0 aromatic heterocycles. The normalized spacial score (nSPS) is 10.2. The summed E-state index contributed by atoms with van der Waals surface area (Å²) in [6, 6.07) is 10.7. The number of amides is 1. The molecule has 2 N–H and O–H groups in total. The maximum atomic E-state index is 11.6. The molecule has 1 aromatic carbocycles. The first-order valence-corrected chi connectivity index (χ1v) is 5.87. The van der Waals surface area contributed by atoms with Crippen molar-refractivity contribution in [1.82, 2.24) is 5.32 Å². The van der Waals surface area contributed by atoms with Crippen molar-refractivity contribution in [3.63, 3.8) is 0 Å². The van der Waals surface area contributed by atoms with Crippen LogP contribution in [0.3, 0.4) is 0 Å². The number of para-hydroxylation sites is 1. The van der Waals surface area contributed by atoms with Gasteiger partial charge in [0.25, 0.3) is 5.91 Å². The number of hydrogen-bond donors (Lipinski definition) is 2. The smallest absolute Gasteiger partial charge is 0.263 e. The molecule has 1 amide bonds. The Bertz CT molecular complexity index is 564. The molecule has 1 aromatic rings. The zero-order valence-electron chi connectivity index (χ0n) is 10.6. The van der Waals surface area contributed by atoms with Gasteiger partial charge in [-0.15, -0.1) is 0 Å². The van der Waals surface area contributed by atoms with Crippen LogP contribution in [-0.2, 0) is 4.79 Å². The van der Waals surface area contributed by atoms with Crippen LogP contribution in [0.2, 0.25) is 0 Å². The zero-order valence-corrected chi connectivity index (χ0v) is 10.6. The van der Waals surface area contributed by atoms with Crippen LogP contribution in [0.4, 0.5) is 5.69 Å². The first-order valence-electron chi connectivity index (χ1n) is 5.87. The summed E-state index contributed by atoms with van der Waals surface area (Å²) in [5, 5.41) is 23.2. The van der Waals surface area contributed by atoms with Gasteiger partial charge in [-0.3, -0.25) is 4.79 Å². The molecule has 0 atom stereocenters. The molecule has 96 valence electrons. The number of anilines is 1. The van der Waals surface area contributed by atoms with Gasteiger partial charge in [0, 0.05) is 12.7 Å². The Morgan fingerprint density at radius 1 is 1.37 bits per heavy atom. The second kappa shape index (κ2) is 7.52. The summed E-state index contributed by atoms with van der Waals surface area (Å²) in [6.07, 6.45) is 2.11. The first-order chi connectivity index (χ1) is 9.22. The summed E-state index contributed by atoms with van der Waals surface area (Å²) in [7, 11) is 0. The van der Waals surface area contributed by atoms with Gasteiger partial charge in [-0.25, -0.2) is 0 Å². The fourth-order valence-corrected chi connectivity index (χ4v) is 1.34. The molecule has 1 rings (SSSR count). The van der Waals surface area contributed by atoms with Crippen LogP contribution in [0.25, 0.3) is 0 Å². The Morgan fingerprint density at radius 3 is 2.74 bits per heavy atom. The minimum atomic E-state index is -0.425. The minimum Gasteiger partial charge on any atom is -0.359 e. The van der Waals surface area contributed by atoms with Crippen molar-refractivity contribution in [3.8, 4) is 12.1 Å². The molecular weight excluding hydrogens is 240 g/mol. The fourth-order valence-electron chi connectivity index (χ4n) is 1.34. The topological polar surface area (TPSA) is 88.7 Å². The Kier molecular flexibility index (Phi) is 5.65. The molecule has 0 fully saturated rings. The van der Waals surface area contributed by atoms with E-state index in [0.717, 1.165) is 6.42 Å². The van der Waals surface area contributed by atoms with E-state index in [0.29, 0.717) is 17.8 Å². The lowest BCUT2D eigenvalue weighted by molar-refractivity contribution is -0.117. The zero-order chi connectivity index (χ0) is 14.1. The van der Waals surface area contributed by atoms with Gasteiger partial charge in [0.15, 0.2) is 0 Å². The molecule has 0 aliphatic rings. The van der Waals surface area contributed by atoms with Crippen molar-refractivity contribution < 1.29 is 4.79 Å². The molecule has 5 heteroatoms. The Hall–Kier alpha value is -2.79. The monoisotopic (exact) mass is 254 g/mol. The highest BCUT2D eigenvalue weighted by atomic mass is 16.1. The molecule has 0 bridgehead atoms. The Labute approximate surface area is 112 Å². The molecule has 0 spiro atoms. The summed E-state index contributed by atoms with van der Waals surface area (Å²) in [5.74, 6) is -0.425. The summed E-state index contributed by atoms with van der Waals surface area (Å²) < 4.78 is 0. The predicted octanol–water partition coefficient (Wildman–Crippen LogP) is 1.90. The Balaban J connectivity index is 2.81. The van der Waals surface area contributed by atoms with Gasteiger partial charge in [0.05, 0.1) is 11.3 Å². The van der Waals surface area contributed by atoms with Gasteiger partial charge in [-0.05, 0) is 18.6 Å². The number of nitriles is 2. The van der Waals surface area contributed by atoms with Gasteiger partial charge in [-0.1, -0.05) is 19.1 Å². The van der Waals surface area contributed by atoms with E-state index in [9.17, 15) is 4.79 Å². The molecule has 0 aliphatic heterocycles. The maximum Gasteiger partial charge on any atom is 0.263 e. The van der Waals surface area contributed by atoms with Gasteiger partial charge >= 0.3 is 0 Å². The van der Waals surface area contributed by atoms with Crippen LogP contribution in [0.1, 0.15) is 18.9 Å². The average Bonchev–Trinajstić information content (AvgIpc) is 2.46. The van der Waals surface area contributed by atoms with Crippen LogP contribution < -0.4 is 10.6 Å². The predicted molar refractivity (Wildman–Crippen MR) is 71.8 cm³/mol. The molecule has 0 heterocycles. The standard InChI is InChI=1S/C14H14N4O/c1-2-7-17-14(19)12(9-16)10-18-13-6-4-3-5-11(13)8-15/h3-6,10,18H,2,7H2,1H3,(H,17,19)/b12-10-. The second-order valence-electron chi connectivity index (χ2n) is 3.73. The Morgan fingerprint density at radius 2 is 2.11 bits per heavy atom. The number of carbonyl (C=O) groups excluding carboxylic acids is 1. The van der Waals surface area contributed by atoms with Crippen molar-refractivity contribution in [3.05, 3.63) is 41.6 Å². The summed E-state index contributed by atoms with van der Waals surface area (Å²) >= 11 is 0. The van der Waals surface area contributed by atoms with Crippen molar-refractivity contribution >= 4 is 11.6 Å². The number of hydrogen-bond acceptors (Lipinski definition) is 4.